The predicted molar refractivity (Wildman–Crippen MR) is 53.0 cm³/mol. The first-order valence-corrected chi connectivity index (χ1v) is 5.52. The summed E-state index contributed by atoms with van der Waals surface area (Å²) >= 11 is 0. The quantitative estimate of drug-likeness (QED) is 0.641. The molecule has 0 radical (unpaired) electrons. The van der Waals surface area contributed by atoms with Crippen LogP contribution in [0.25, 0.3) is 0 Å². The van der Waals surface area contributed by atoms with Crippen LogP contribution in [0, 0.1) is 17.8 Å². The average molecular weight is 209 g/mol. The molecule has 15 heavy (non-hydrogen) atoms. The molecule has 3 fully saturated rings. The molecule has 5 atom stereocenters. The van der Waals surface area contributed by atoms with Crippen molar-refractivity contribution in [2.24, 2.45) is 17.8 Å². The van der Waals surface area contributed by atoms with Crippen molar-refractivity contribution in [2.75, 3.05) is 6.54 Å². The van der Waals surface area contributed by atoms with E-state index in [0.717, 1.165) is 19.4 Å². The molecule has 3 aliphatic rings. The van der Waals surface area contributed by atoms with Crippen LogP contribution in [0.4, 0.5) is 0 Å². The number of carboxylic acid groups (broad SMARTS) is 1. The molecule has 0 spiro atoms. The predicted octanol–water partition coefficient (Wildman–Crippen LogP) is 0.286. The first-order chi connectivity index (χ1) is 7.16. The monoisotopic (exact) mass is 209 g/mol. The van der Waals surface area contributed by atoms with Gasteiger partial charge in [0.25, 0.3) is 0 Å². The zero-order chi connectivity index (χ0) is 10.6. The van der Waals surface area contributed by atoms with Gasteiger partial charge in [0.1, 0.15) is 0 Å². The molecule has 0 amide bonds. The van der Waals surface area contributed by atoms with Crippen molar-refractivity contribution in [2.45, 2.75) is 25.0 Å². The van der Waals surface area contributed by atoms with Crippen LogP contribution in [-0.2, 0) is 4.79 Å². The van der Waals surface area contributed by atoms with Gasteiger partial charge in [-0.15, -0.1) is 0 Å². The van der Waals surface area contributed by atoms with E-state index >= 15 is 0 Å². The molecule has 82 valence electrons. The van der Waals surface area contributed by atoms with Crippen molar-refractivity contribution < 1.29 is 15.0 Å². The Labute approximate surface area is 88.2 Å². The van der Waals surface area contributed by atoms with Crippen LogP contribution < -0.4 is 0 Å². The van der Waals surface area contributed by atoms with Gasteiger partial charge >= 0.3 is 5.97 Å². The lowest BCUT2D eigenvalue weighted by Crippen LogP contribution is -2.38. The molecule has 4 heteroatoms. The van der Waals surface area contributed by atoms with Crippen LogP contribution >= 0.6 is 0 Å². The molecule has 5 unspecified atom stereocenters. The van der Waals surface area contributed by atoms with Gasteiger partial charge in [-0.2, -0.15) is 0 Å². The van der Waals surface area contributed by atoms with Crippen molar-refractivity contribution in [3.8, 4) is 0 Å². The van der Waals surface area contributed by atoms with Crippen molar-refractivity contribution in [3.05, 3.63) is 12.3 Å². The van der Waals surface area contributed by atoms with Crippen LogP contribution in [0.2, 0.25) is 0 Å². The Morgan fingerprint density at radius 3 is 2.80 bits per heavy atom. The van der Waals surface area contributed by atoms with Gasteiger partial charge < -0.3 is 15.1 Å². The third-order valence-electron chi connectivity index (χ3n) is 4.29. The second-order valence-electron chi connectivity index (χ2n) is 4.99. The number of aliphatic carboxylic acids is 1. The largest absolute Gasteiger partial charge is 0.478 e. The molecular formula is C11H15NO3. The minimum Gasteiger partial charge on any atom is -0.478 e. The highest BCUT2D eigenvalue weighted by molar-refractivity contribution is 5.79. The Balaban J connectivity index is 1.80. The smallest absolute Gasteiger partial charge is 0.329 e. The van der Waals surface area contributed by atoms with Crippen LogP contribution in [0.15, 0.2) is 12.3 Å². The molecule has 1 heterocycles. The molecule has 2 bridgehead atoms. The van der Waals surface area contributed by atoms with Gasteiger partial charge in [0.15, 0.2) is 0 Å². The minimum absolute atomic E-state index is 0.185. The zero-order valence-electron chi connectivity index (χ0n) is 8.41. The first kappa shape index (κ1) is 9.21. The lowest BCUT2D eigenvalue weighted by atomic mass is 9.88. The van der Waals surface area contributed by atoms with Gasteiger partial charge in [0, 0.05) is 18.8 Å². The minimum atomic E-state index is -0.918. The molecule has 0 aromatic heterocycles. The summed E-state index contributed by atoms with van der Waals surface area (Å²) in [7, 11) is 0. The van der Waals surface area contributed by atoms with Crippen molar-refractivity contribution in [1.29, 1.82) is 0 Å². The molecule has 0 aromatic carbocycles. The van der Waals surface area contributed by atoms with E-state index in [2.05, 4.69) is 0 Å². The van der Waals surface area contributed by atoms with Gasteiger partial charge in [0.2, 0.25) is 0 Å². The van der Waals surface area contributed by atoms with Gasteiger partial charge in [-0.05, 0) is 30.6 Å². The molecule has 2 N–H and O–H groups in total. The summed E-state index contributed by atoms with van der Waals surface area (Å²) in [6, 6.07) is 0.185. The molecule has 3 rings (SSSR count). The van der Waals surface area contributed by atoms with E-state index < -0.39 is 5.97 Å². The maximum atomic E-state index is 10.4. The van der Waals surface area contributed by atoms with E-state index in [1.807, 2.05) is 4.90 Å². The average Bonchev–Trinajstić information content (AvgIpc) is 2.74. The number of fused-ring (bicyclic) bond motifs is 1. The molecule has 1 saturated heterocycles. The lowest BCUT2D eigenvalue weighted by Gasteiger charge is -2.27. The van der Waals surface area contributed by atoms with E-state index in [1.54, 1.807) is 6.20 Å². The Hall–Kier alpha value is -1.03. The fraction of sp³-hybridized carbons (Fsp3) is 0.727. The Morgan fingerprint density at radius 1 is 1.33 bits per heavy atom. The number of nitrogens with zero attached hydrogens (tertiary/aromatic N) is 1. The van der Waals surface area contributed by atoms with Gasteiger partial charge in [-0.25, -0.2) is 4.79 Å². The summed E-state index contributed by atoms with van der Waals surface area (Å²) in [5.74, 6) is 0.830. The maximum Gasteiger partial charge on any atom is 0.329 e. The number of carboxylic acids is 1. The van der Waals surface area contributed by atoms with Gasteiger partial charge in [-0.1, -0.05) is 0 Å². The van der Waals surface area contributed by atoms with Gasteiger partial charge in [-0.3, -0.25) is 0 Å². The first-order valence-electron chi connectivity index (χ1n) is 5.52. The number of hydrogen-bond acceptors (Lipinski definition) is 3. The van der Waals surface area contributed by atoms with Gasteiger partial charge in [0.05, 0.1) is 12.1 Å². The van der Waals surface area contributed by atoms with Crippen LogP contribution in [0.5, 0.6) is 0 Å². The van der Waals surface area contributed by atoms with E-state index in [9.17, 15) is 9.90 Å². The molecule has 2 aliphatic carbocycles. The van der Waals surface area contributed by atoms with E-state index in [1.165, 1.54) is 6.08 Å². The third-order valence-corrected chi connectivity index (χ3v) is 4.29. The highest BCUT2D eigenvalue weighted by Crippen LogP contribution is 2.54. The van der Waals surface area contributed by atoms with Crippen LogP contribution in [0.1, 0.15) is 12.8 Å². The zero-order valence-corrected chi connectivity index (χ0v) is 8.41. The Morgan fingerprint density at radius 2 is 2.13 bits per heavy atom. The summed E-state index contributed by atoms with van der Waals surface area (Å²) in [4.78, 5) is 12.5. The third kappa shape index (κ3) is 1.21. The topological polar surface area (TPSA) is 60.8 Å². The van der Waals surface area contributed by atoms with Crippen molar-refractivity contribution >= 4 is 5.97 Å². The lowest BCUT2D eigenvalue weighted by molar-refractivity contribution is -0.131. The summed E-state index contributed by atoms with van der Waals surface area (Å²) in [6.07, 6.45) is 4.82. The number of likely N-dealkylation sites (tertiary alicyclic amines) is 1. The molecule has 4 nitrogen and oxygen atoms in total. The fourth-order valence-corrected chi connectivity index (χ4v) is 3.80. The summed E-state index contributed by atoms with van der Waals surface area (Å²) in [5.41, 5.74) is 0. The van der Waals surface area contributed by atoms with Crippen molar-refractivity contribution in [3.63, 3.8) is 0 Å². The maximum absolute atomic E-state index is 10.4. The second kappa shape index (κ2) is 2.98. The summed E-state index contributed by atoms with van der Waals surface area (Å²) < 4.78 is 0. The van der Waals surface area contributed by atoms with Crippen LogP contribution in [0.3, 0.4) is 0 Å². The summed E-state index contributed by atoms with van der Waals surface area (Å²) in [6.45, 7) is 0.923. The van der Waals surface area contributed by atoms with E-state index in [0.29, 0.717) is 17.8 Å². The van der Waals surface area contributed by atoms with Crippen molar-refractivity contribution in [1.82, 2.24) is 4.90 Å². The number of rotatable bonds is 2. The highest BCUT2D eigenvalue weighted by Gasteiger charge is 2.58. The van der Waals surface area contributed by atoms with E-state index in [4.69, 9.17) is 5.11 Å². The molecule has 0 aromatic rings. The summed E-state index contributed by atoms with van der Waals surface area (Å²) in [5, 5.41) is 18.6. The normalized spacial score (nSPS) is 47.0. The second-order valence-corrected chi connectivity index (χ2v) is 4.99. The Bertz CT molecular complexity index is 326. The van der Waals surface area contributed by atoms with Crippen LogP contribution in [-0.4, -0.2) is 39.8 Å². The molecular weight excluding hydrogens is 194 g/mol. The fourth-order valence-electron chi connectivity index (χ4n) is 3.80. The molecule has 1 aliphatic heterocycles. The molecule has 2 saturated carbocycles. The Kier molecular flexibility index (Phi) is 1.83. The number of aliphatic hydroxyl groups is 1. The number of carbonyl (C=O) groups is 1. The number of aliphatic hydroxyl groups excluding tert-OH is 1. The number of hydrogen-bond donors (Lipinski definition) is 2. The highest BCUT2D eigenvalue weighted by atomic mass is 16.4. The van der Waals surface area contributed by atoms with E-state index in [-0.39, 0.29) is 12.1 Å². The SMILES string of the molecule is O=C(O)/C=C/N1CC2CC3CC2C1C3O. The standard InChI is InChI=1S/C11H15NO3/c13-9(14)1-2-12-5-7-3-6-4-8(7)10(12)11(6)15/h1-2,6-8,10-11,15H,3-5H2,(H,13,14)/b2-1+.